The summed E-state index contributed by atoms with van der Waals surface area (Å²) >= 11 is 1.67. The van der Waals surface area contributed by atoms with Crippen LogP contribution in [-0.4, -0.2) is 12.6 Å². The molecule has 6 heteroatoms. The molecule has 0 fully saturated rings. The van der Waals surface area contributed by atoms with E-state index < -0.39 is 0 Å². The SMILES string of the molecule is CCCCCCCCCCCCCCOc1ccccc1NC(=O)Nc1ccccc1C[n+]1cscc1C. The Balaban J connectivity index is 1.36. The highest BCUT2D eigenvalue weighted by atomic mass is 32.1. The topological polar surface area (TPSA) is 54.2 Å². The average Bonchev–Trinajstić information content (AvgIpc) is 3.33. The van der Waals surface area contributed by atoms with Gasteiger partial charge in [-0.05, 0) is 24.6 Å². The zero-order valence-electron chi connectivity index (χ0n) is 23.3. The van der Waals surface area contributed by atoms with Gasteiger partial charge in [0.15, 0.2) is 12.2 Å². The lowest BCUT2D eigenvalue weighted by Gasteiger charge is -2.14. The maximum Gasteiger partial charge on any atom is 0.323 e. The number of rotatable bonds is 18. The van der Waals surface area contributed by atoms with Crippen molar-refractivity contribution in [2.45, 2.75) is 97.4 Å². The number of aryl methyl sites for hydroxylation is 1. The number of hydrogen-bond acceptors (Lipinski definition) is 3. The van der Waals surface area contributed by atoms with Gasteiger partial charge in [-0.1, -0.05) is 119 Å². The third-order valence-electron chi connectivity index (χ3n) is 6.88. The van der Waals surface area contributed by atoms with E-state index in [4.69, 9.17) is 4.74 Å². The molecule has 2 aromatic carbocycles. The van der Waals surface area contributed by atoms with Gasteiger partial charge < -0.3 is 15.4 Å². The van der Waals surface area contributed by atoms with E-state index in [0.29, 0.717) is 24.6 Å². The maximum absolute atomic E-state index is 12.9. The molecule has 0 unspecified atom stereocenters. The Hall–Kier alpha value is -2.86. The Kier molecular flexibility index (Phi) is 13.8. The Bertz CT molecular complexity index is 1080. The number of nitrogens with one attached hydrogen (secondary N) is 2. The van der Waals surface area contributed by atoms with Crippen LogP contribution in [0.15, 0.2) is 59.4 Å². The van der Waals surface area contributed by atoms with Crippen LogP contribution >= 0.6 is 11.3 Å². The van der Waals surface area contributed by atoms with Gasteiger partial charge in [0.05, 0.1) is 23.4 Å². The number of aromatic nitrogens is 1. The summed E-state index contributed by atoms with van der Waals surface area (Å²) < 4.78 is 8.22. The Morgan fingerprint density at radius 1 is 0.789 bits per heavy atom. The van der Waals surface area contributed by atoms with Crippen molar-refractivity contribution in [2.24, 2.45) is 0 Å². The third-order valence-corrected chi connectivity index (χ3v) is 7.73. The molecule has 0 aliphatic heterocycles. The third kappa shape index (κ3) is 10.9. The van der Waals surface area contributed by atoms with Crippen molar-refractivity contribution in [1.82, 2.24) is 0 Å². The minimum Gasteiger partial charge on any atom is -0.491 e. The first-order valence-corrected chi connectivity index (χ1v) is 15.4. The molecule has 1 aromatic heterocycles. The van der Waals surface area contributed by atoms with Crippen molar-refractivity contribution in [1.29, 1.82) is 0 Å². The maximum atomic E-state index is 12.9. The van der Waals surface area contributed by atoms with Crippen LogP contribution in [0.4, 0.5) is 16.2 Å². The number of amides is 2. The van der Waals surface area contributed by atoms with Gasteiger partial charge in [-0.15, -0.1) is 0 Å². The molecule has 0 radical (unpaired) electrons. The first kappa shape index (κ1) is 29.7. The number of benzene rings is 2. The molecule has 1 heterocycles. The molecule has 0 atom stereocenters. The number of thiazole rings is 1. The first-order valence-electron chi connectivity index (χ1n) is 14.5. The summed E-state index contributed by atoms with van der Waals surface area (Å²) in [6.45, 7) is 5.74. The normalized spacial score (nSPS) is 10.9. The highest BCUT2D eigenvalue weighted by Gasteiger charge is 2.14. The van der Waals surface area contributed by atoms with Crippen LogP contribution in [0.5, 0.6) is 5.75 Å². The van der Waals surface area contributed by atoms with E-state index >= 15 is 0 Å². The second kappa shape index (κ2) is 17.6. The summed E-state index contributed by atoms with van der Waals surface area (Å²) in [5.74, 6) is 0.712. The second-order valence-corrected chi connectivity index (χ2v) is 10.8. The Labute approximate surface area is 233 Å². The lowest BCUT2D eigenvalue weighted by molar-refractivity contribution is -0.689. The van der Waals surface area contributed by atoms with Gasteiger partial charge in [-0.2, -0.15) is 4.57 Å². The molecule has 0 saturated heterocycles. The molecule has 206 valence electrons. The largest absolute Gasteiger partial charge is 0.491 e. The van der Waals surface area contributed by atoms with E-state index in [1.165, 1.54) is 76.3 Å². The zero-order valence-corrected chi connectivity index (χ0v) is 24.2. The molecule has 0 aliphatic rings. The number of hydrogen-bond donors (Lipinski definition) is 2. The molecule has 38 heavy (non-hydrogen) atoms. The summed E-state index contributed by atoms with van der Waals surface area (Å²) in [6.07, 6.45) is 15.9. The summed E-state index contributed by atoms with van der Waals surface area (Å²) in [7, 11) is 0. The van der Waals surface area contributed by atoms with Crippen molar-refractivity contribution in [3.05, 3.63) is 70.7 Å². The number of urea groups is 1. The van der Waals surface area contributed by atoms with Crippen molar-refractivity contribution in [2.75, 3.05) is 17.2 Å². The van der Waals surface area contributed by atoms with Crippen LogP contribution in [0, 0.1) is 6.92 Å². The van der Waals surface area contributed by atoms with Gasteiger partial charge in [0.2, 0.25) is 5.51 Å². The highest BCUT2D eigenvalue weighted by Crippen LogP contribution is 2.25. The van der Waals surface area contributed by atoms with E-state index in [1.807, 2.05) is 48.5 Å². The van der Waals surface area contributed by atoms with Crippen LogP contribution in [0.2, 0.25) is 0 Å². The molecule has 0 bridgehead atoms. The van der Waals surface area contributed by atoms with Gasteiger partial charge in [-0.25, -0.2) is 4.79 Å². The summed E-state index contributed by atoms with van der Waals surface area (Å²) in [6, 6.07) is 15.3. The average molecular weight is 537 g/mol. The molecule has 3 rings (SSSR count). The quantitative estimate of drug-likeness (QED) is 0.126. The molecule has 2 N–H and O–H groups in total. The molecule has 5 nitrogen and oxygen atoms in total. The predicted molar refractivity (Wildman–Crippen MR) is 160 cm³/mol. The predicted octanol–water partition coefficient (Wildman–Crippen LogP) is 9.12. The fraction of sp³-hybridized carbons (Fsp3) is 0.500. The summed E-state index contributed by atoms with van der Waals surface area (Å²) in [4.78, 5) is 12.9. The number of nitrogens with zero attached hydrogens (tertiary/aromatic N) is 1. The highest BCUT2D eigenvalue weighted by molar-refractivity contribution is 7.07. The van der Waals surface area contributed by atoms with Gasteiger partial charge in [0.1, 0.15) is 5.75 Å². The molecule has 2 amide bonds. The summed E-state index contributed by atoms with van der Waals surface area (Å²) in [5.41, 5.74) is 5.84. The number of unbranched alkanes of at least 4 members (excludes halogenated alkanes) is 11. The van der Waals surface area contributed by atoms with Gasteiger partial charge >= 0.3 is 6.03 Å². The lowest BCUT2D eigenvalue weighted by atomic mass is 10.1. The number of carbonyl (C=O) groups excluding carboxylic acids is 1. The molecule has 3 aromatic rings. The van der Waals surface area contributed by atoms with Crippen molar-refractivity contribution < 1.29 is 14.1 Å². The fourth-order valence-electron chi connectivity index (χ4n) is 4.58. The minimum absolute atomic E-state index is 0.272. The fourth-order valence-corrected chi connectivity index (χ4v) is 5.36. The molecular formula is C32H46N3O2S+. The van der Waals surface area contributed by atoms with Crippen LogP contribution in [0.1, 0.15) is 95.2 Å². The molecule has 0 aliphatic carbocycles. The number of anilines is 2. The van der Waals surface area contributed by atoms with Crippen molar-refractivity contribution in [3.8, 4) is 5.75 Å². The molecule has 0 saturated carbocycles. The smallest absolute Gasteiger partial charge is 0.323 e. The van der Waals surface area contributed by atoms with Crippen LogP contribution < -0.4 is 19.9 Å². The standard InChI is InChI=1S/C32H45N3O2S/c1-3-4-5-6-7-8-9-10-11-12-13-18-23-37-31-22-17-16-21-30(31)34-32(36)33-29-20-15-14-19-28(29)24-35-26-38-25-27(35)2/h14-17,19-22,25-26H,3-13,18,23-24H2,1-2H3,(H-,33,34,36)/p+1. The van der Waals surface area contributed by atoms with Gasteiger partial charge in [0, 0.05) is 12.5 Å². The van der Waals surface area contributed by atoms with Crippen LogP contribution in [-0.2, 0) is 6.54 Å². The number of para-hydroxylation sites is 3. The van der Waals surface area contributed by atoms with E-state index in [9.17, 15) is 4.79 Å². The van der Waals surface area contributed by atoms with E-state index in [1.54, 1.807) is 11.3 Å². The zero-order chi connectivity index (χ0) is 26.8. The van der Waals surface area contributed by atoms with Crippen LogP contribution in [0.3, 0.4) is 0 Å². The van der Waals surface area contributed by atoms with Crippen molar-refractivity contribution >= 4 is 28.7 Å². The molecular weight excluding hydrogens is 490 g/mol. The van der Waals surface area contributed by atoms with E-state index in [2.05, 4.69) is 39.9 Å². The first-order chi connectivity index (χ1) is 18.7. The number of carbonyl (C=O) groups is 1. The van der Waals surface area contributed by atoms with Gasteiger partial charge in [-0.3, -0.25) is 0 Å². The van der Waals surface area contributed by atoms with Crippen LogP contribution in [0.25, 0.3) is 0 Å². The minimum atomic E-state index is -0.272. The number of ether oxygens (including phenoxy) is 1. The summed E-state index contributed by atoms with van der Waals surface area (Å²) in [5, 5.41) is 8.12. The Morgan fingerprint density at radius 3 is 2.03 bits per heavy atom. The monoisotopic (exact) mass is 536 g/mol. The van der Waals surface area contributed by atoms with Crippen molar-refractivity contribution in [3.63, 3.8) is 0 Å². The Morgan fingerprint density at radius 2 is 1.37 bits per heavy atom. The lowest BCUT2D eigenvalue weighted by Crippen LogP contribution is -2.35. The second-order valence-electron chi connectivity index (χ2n) is 10.1. The molecule has 0 spiro atoms. The van der Waals surface area contributed by atoms with Gasteiger partial charge in [0.25, 0.3) is 0 Å². The van der Waals surface area contributed by atoms with E-state index in [-0.39, 0.29) is 6.03 Å². The van der Waals surface area contributed by atoms with E-state index in [0.717, 1.165) is 17.7 Å².